The molecule has 0 aromatic carbocycles. The predicted octanol–water partition coefficient (Wildman–Crippen LogP) is 0.351. The molecule has 0 saturated carbocycles. The largest absolute Gasteiger partial charge is 0.357 e. The van der Waals surface area contributed by atoms with E-state index in [9.17, 15) is 4.79 Å². The predicted molar refractivity (Wildman–Crippen MR) is 49.2 cm³/mol. The van der Waals surface area contributed by atoms with Gasteiger partial charge in [-0.3, -0.25) is 9.79 Å². The first kappa shape index (κ1) is 9.72. The van der Waals surface area contributed by atoms with Crippen molar-refractivity contribution in [3.63, 3.8) is 0 Å². The normalized spacial score (nSPS) is 32.2. The lowest BCUT2D eigenvalue weighted by atomic mass is 9.88. The molecule has 0 aliphatic carbocycles. The summed E-state index contributed by atoms with van der Waals surface area (Å²) < 4.78 is 0. The van der Waals surface area contributed by atoms with E-state index in [1.165, 1.54) is 0 Å². The van der Waals surface area contributed by atoms with Crippen LogP contribution in [0.25, 0.3) is 0 Å². The molecule has 0 bridgehead atoms. The molecule has 0 radical (unpaired) electrons. The van der Waals surface area contributed by atoms with Crippen molar-refractivity contribution >= 4 is 12.1 Å². The molecule has 1 amide bonds. The molecule has 0 aromatic heterocycles. The number of aliphatic imine (C=N–C) groups is 1. The van der Waals surface area contributed by atoms with E-state index in [0.717, 1.165) is 6.42 Å². The summed E-state index contributed by atoms with van der Waals surface area (Å²) in [5.74, 6) is -0.0503. The Morgan fingerprint density at radius 2 is 2.46 bits per heavy atom. The van der Waals surface area contributed by atoms with Gasteiger partial charge in [-0.1, -0.05) is 6.92 Å². The Hall–Kier alpha value is -1.37. The lowest BCUT2D eigenvalue weighted by Crippen LogP contribution is -2.38. The number of carbonyl (C=O) groups is 1. The number of hydrogen-bond acceptors (Lipinski definition) is 3. The van der Waals surface area contributed by atoms with Crippen LogP contribution >= 0.6 is 0 Å². The maximum absolute atomic E-state index is 11.3. The van der Waals surface area contributed by atoms with Gasteiger partial charge in [0.1, 0.15) is 6.04 Å². The lowest BCUT2D eigenvalue weighted by molar-refractivity contribution is -0.122. The fourth-order valence-electron chi connectivity index (χ4n) is 1.49. The molecule has 70 valence electrons. The molecular formula is C9H13N3O. The topological polar surface area (TPSA) is 65.2 Å². The van der Waals surface area contributed by atoms with E-state index >= 15 is 0 Å². The molecular weight excluding hydrogens is 166 g/mol. The Bertz CT molecular complexity index is 267. The smallest absolute Gasteiger partial charge is 0.244 e. The lowest BCUT2D eigenvalue weighted by Gasteiger charge is -2.23. The van der Waals surface area contributed by atoms with Gasteiger partial charge in [0.15, 0.2) is 0 Å². The minimum atomic E-state index is -0.311. The molecule has 13 heavy (non-hydrogen) atoms. The summed E-state index contributed by atoms with van der Waals surface area (Å²) in [7, 11) is 1.60. The Kier molecular flexibility index (Phi) is 3.02. The Labute approximate surface area is 77.7 Å². The van der Waals surface area contributed by atoms with Gasteiger partial charge in [0, 0.05) is 13.3 Å². The fraction of sp³-hybridized carbons (Fsp3) is 0.667. The van der Waals surface area contributed by atoms with Crippen LogP contribution in [0.5, 0.6) is 0 Å². The zero-order valence-electron chi connectivity index (χ0n) is 7.82. The first-order valence-electron chi connectivity index (χ1n) is 4.33. The molecule has 0 saturated heterocycles. The molecule has 0 aromatic rings. The third-order valence-corrected chi connectivity index (χ3v) is 2.27. The van der Waals surface area contributed by atoms with Crippen molar-refractivity contribution in [3.8, 4) is 6.07 Å². The Morgan fingerprint density at radius 3 is 2.92 bits per heavy atom. The number of rotatable bonds is 1. The molecule has 4 heteroatoms. The van der Waals surface area contributed by atoms with E-state index in [2.05, 4.69) is 16.4 Å². The average Bonchev–Trinajstić information content (AvgIpc) is 2.16. The summed E-state index contributed by atoms with van der Waals surface area (Å²) in [5, 5.41) is 11.2. The number of likely N-dealkylation sites (N-methyl/N-ethyl adjacent to an activating group) is 1. The van der Waals surface area contributed by atoms with Crippen LogP contribution in [0.2, 0.25) is 0 Å². The standard InChI is InChI=1S/C9H13N3O/c1-6-3-7(4-10)5-12-8(6)9(13)11-2/h5-8H,3H2,1-2H3,(H,11,13). The zero-order valence-corrected chi connectivity index (χ0v) is 7.82. The van der Waals surface area contributed by atoms with Crippen LogP contribution in [0.3, 0.4) is 0 Å². The second-order valence-electron chi connectivity index (χ2n) is 3.31. The van der Waals surface area contributed by atoms with Gasteiger partial charge in [0.25, 0.3) is 0 Å². The molecule has 3 unspecified atom stereocenters. The maximum Gasteiger partial charge on any atom is 0.244 e. The number of nitriles is 1. The van der Waals surface area contributed by atoms with Gasteiger partial charge >= 0.3 is 0 Å². The van der Waals surface area contributed by atoms with E-state index in [4.69, 9.17) is 5.26 Å². The Balaban J connectivity index is 2.71. The first-order chi connectivity index (χ1) is 6.19. The number of carbonyl (C=O) groups excluding carboxylic acids is 1. The molecule has 3 atom stereocenters. The summed E-state index contributed by atoms with van der Waals surface area (Å²) >= 11 is 0. The third-order valence-electron chi connectivity index (χ3n) is 2.27. The van der Waals surface area contributed by atoms with E-state index in [-0.39, 0.29) is 23.8 Å². The van der Waals surface area contributed by atoms with Gasteiger partial charge in [0.2, 0.25) is 5.91 Å². The highest BCUT2D eigenvalue weighted by Crippen LogP contribution is 2.21. The van der Waals surface area contributed by atoms with Crippen LogP contribution in [-0.4, -0.2) is 25.2 Å². The van der Waals surface area contributed by atoms with Crippen molar-refractivity contribution in [2.24, 2.45) is 16.8 Å². The average molecular weight is 179 g/mol. The molecule has 1 aliphatic rings. The first-order valence-corrected chi connectivity index (χ1v) is 4.33. The van der Waals surface area contributed by atoms with Crippen molar-refractivity contribution in [1.82, 2.24) is 5.32 Å². The third kappa shape index (κ3) is 2.05. The van der Waals surface area contributed by atoms with Crippen LogP contribution in [0.15, 0.2) is 4.99 Å². The zero-order chi connectivity index (χ0) is 9.84. The molecule has 1 heterocycles. The minimum Gasteiger partial charge on any atom is -0.357 e. The second-order valence-corrected chi connectivity index (χ2v) is 3.31. The van der Waals surface area contributed by atoms with Gasteiger partial charge in [0.05, 0.1) is 12.0 Å². The van der Waals surface area contributed by atoms with Crippen molar-refractivity contribution < 1.29 is 4.79 Å². The van der Waals surface area contributed by atoms with E-state index in [0.29, 0.717) is 0 Å². The van der Waals surface area contributed by atoms with Crippen LogP contribution in [-0.2, 0) is 4.79 Å². The highest BCUT2D eigenvalue weighted by molar-refractivity contribution is 5.84. The number of nitrogens with one attached hydrogen (secondary N) is 1. The van der Waals surface area contributed by atoms with Gasteiger partial charge in [-0.05, 0) is 12.3 Å². The summed E-state index contributed by atoms with van der Waals surface area (Å²) in [5.41, 5.74) is 0. The Morgan fingerprint density at radius 1 is 1.77 bits per heavy atom. The second kappa shape index (κ2) is 4.04. The van der Waals surface area contributed by atoms with Crippen molar-refractivity contribution in [1.29, 1.82) is 5.26 Å². The van der Waals surface area contributed by atoms with Gasteiger partial charge in [-0.15, -0.1) is 0 Å². The highest BCUT2D eigenvalue weighted by Gasteiger charge is 2.28. The van der Waals surface area contributed by atoms with Gasteiger partial charge < -0.3 is 5.32 Å². The molecule has 1 aliphatic heterocycles. The van der Waals surface area contributed by atoms with Crippen molar-refractivity contribution in [2.75, 3.05) is 7.05 Å². The molecule has 4 nitrogen and oxygen atoms in total. The van der Waals surface area contributed by atoms with Gasteiger partial charge in [-0.2, -0.15) is 5.26 Å². The van der Waals surface area contributed by atoms with Crippen LogP contribution in [0.1, 0.15) is 13.3 Å². The molecule has 1 N–H and O–H groups in total. The summed E-state index contributed by atoms with van der Waals surface area (Å²) in [6.45, 7) is 1.95. The minimum absolute atomic E-state index is 0.0693. The quantitative estimate of drug-likeness (QED) is 0.631. The monoisotopic (exact) mass is 179 g/mol. The number of hydrogen-bond donors (Lipinski definition) is 1. The van der Waals surface area contributed by atoms with E-state index in [1.54, 1.807) is 13.3 Å². The molecule has 0 spiro atoms. The van der Waals surface area contributed by atoms with Crippen molar-refractivity contribution in [3.05, 3.63) is 0 Å². The highest BCUT2D eigenvalue weighted by atomic mass is 16.2. The molecule has 1 rings (SSSR count). The van der Waals surface area contributed by atoms with Crippen LogP contribution < -0.4 is 5.32 Å². The SMILES string of the molecule is CNC(=O)C1N=CC(C#N)CC1C. The van der Waals surface area contributed by atoms with Crippen molar-refractivity contribution in [2.45, 2.75) is 19.4 Å². The van der Waals surface area contributed by atoms with E-state index in [1.807, 2.05) is 6.92 Å². The van der Waals surface area contributed by atoms with Gasteiger partial charge in [-0.25, -0.2) is 0 Å². The van der Waals surface area contributed by atoms with E-state index < -0.39 is 0 Å². The summed E-state index contributed by atoms with van der Waals surface area (Å²) in [6, 6.07) is 1.82. The number of amides is 1. The molecule has 0 fully saturated rings. The fourth-order valence-corrected chi connectivity index (χ4v) is 1.49. The summed E-state index contributed by atoms with van der Waals surface area (Å²) in [6.07, 6.45) is 2.30. The van der Waals surface area contributed by atoms with Crippen LogP contribution in [0.4, 0.5) is 0 Å². The van der Waals surface area contributed by atoms with Crippen LogP contribution in [0, 0.1) is 23.2 Å². The summed E-state index contributed by atoms with van der Waals surface area (Å²) in [4.78, 5) is 15.3. The maximum atomic E-state index is 11.3. The number of nitrogens with zero attached hydrogens (tertiary/aromatic N) is 2.